The van der Waals surface area contributed by atoms with Crippen molar-refractivity contribution in [3.05, 3.63) is 41.5 Å². The van der Waals surface area contributed by atoms with E-state index in [1.807, 2.05) is 29.2 Å². The van der Waals surface area contributed by atoms with Crippen LogP contribution in [0, 0.1) is 0 Å². The summed E-state index contributed by atoms with van der Waals surface area (Å²) in [6.45, 7) is 6.43. The maximum absolute atomic E-state index is 12.8. The summed E-state index contributed by atoms with van der Waals surface area (Å²) in [5.41, 5.74) is 0.787. The van der Waals surface area contributed by atoms with Crippen molar-refractivity contribution in [2.24, 2.45) is 0 Å². The van der Waals surface area contributed by atoms with Gasteiger partial charge < -0.3 is 14.8 Å². The lowest BCUT2D eigenvalue weighted by molar-refractivity contribution is 0.0710. The highest BCUT2D eigenvalue weighted by molar-refractivity contribution is 7.99. The van der Waals surface area contributed by atoms with Crippen molar-refractivity contribution in [1.29, 1.82) is 0 Å². The average molecular weight is 408 g/mol. The van der Waals surface area contributed by atoms with Crippen molar-refractivity contribution in [1.82, 2.24) is 25.0 Å². The van der Waals surface area contributed by atoms with E-state index >= 15 is 0 Å². The molecule has 0 radical (unpaired) electrons. The predicted molar refractivity (Wildman–Crippen MR) is 110 cm³/mol. The molecule has 2 aliphatic rings. The second-order valence-electron chi connectivity index (χ2n) is 6.83. The van der Waals surface area contributed by atoms with Crippen LogP contribution in [0.3, 0.4) is 0 Å². The van der Waals surface area contributed by atoms with Crippen LogP contribution in [0.15, 0.2) is 29.2 Å². The van der Waals surface area contributed by atoms with E-state index in [4.69, 9.17) is 0 Å². The smallest absolute Gasteiger partial charge is 0.253 e. The van der Waals surface area contributed by atoms with Gasteiger partial charge in [0, 0.05) is 42.6 Å². The monoisotopic (exact) mass is 407 g/mol. The Balaban J connectivity index is 0.00000210. The minimum Gasteiger partial charge on any atom is -0.339 e. The van der Waals surface area contributed by atoms with Crippen molar-refractivity contribution >= 4 is 30.1 Å². The van der Waals surface area contributed by atoms with Gasteiger partial charge in [-0.2, -0.15) is 0 Å². The Morgan fingerprint density at radius 3 is 2.63 bits per heavy atom. The Morgan fingerprint density at radius 2 is 1.93 bits per heavy atom. The SMILES string of the molecule is CCSc1ccc(C(=O)N2CCC(c3nnc4n3CCNC4)CC2)cc1.Cl. The summed E-state index contributed by atoms with van der Waals surface area (Å²) in [4.78, 5) is 16.0. The molecule has 0 unspecified atom stereocenters. The lowest BCUT2D eigenvalue weighted by Gasteiger charge is -2.32. The van der Waals surface area contributed by atoms with Gasteiger partial charge in [-0.3, -0.25) is 4.79 Å². The lowest BCUT2D eigenvalue weighted by Crippen LogP contribution is -2.38. The number of hydrogen-bond donors (Lipinski definition) is 1. The number of nitrogens with zero attached hydrogens (tertiary/aromatic N) is 4. The fraction of sp³-hybridized carbons (Fsp3) is 0.526. The minimum absolute atomic E-state index is 0. The molecule has 3 heterocycles. The maximum atomic E-state index is 12.8. The molecule has 6 nitrogen and oxygen atoms in total. The lowest BCUT2D eigenvalue weighted by atomic mass is 9.95. The van der Waals surface area contributed by atoms with E-state index in [2.05, 4.69) is 27.0 Å². The summed E-state index contributed by atoms with van der Waals surface area (Å²) < 4.78 is 2.27. The van der Waals surface area contributed by atoms with Gasteiger partial charge in [0.15, 0.2) is 0 Å². The Kier molecular flexibility index (Phi) is 6.78. The molecule has 2 aliphatic heterocycles. The average Bonchev–Trinajstić information content (AvgIpc) is 3.13. The Hall–Kier alpha value is -1.57. The number of piperidine rings is 1. The van der Waals surface area contributed by atoms with Gasteiger partial charge in [-0.15, -0.1) is 34.4 Å². The highest BCUT2D eigenvalue weighted by Gasteiger charge is 2.29. The highest BCUT2D eigenvalue weighted by atomic mass is 35.5. The second kappa shape index (κ2) is 9.08. The molecule has 1 fully saturated rings. The summed E-state index contributed by atoms with van der Waals surface area (Å²) in [7, 11) is 0. The molecule has 1 aromatic heterocycles. The minimum atomic E-state index is 0. The van der Waals surface area contributed by atoms with E-state index in [0.29, 0.717) is 5.92 Å². The zero-order valence-electron chi connectivity index (χ0n) is 15.6. The first kappa shape index (κ1) is 20.2. The molecule has 1 N–H and O–H groups in total. The van der Waals surface area contributed by atoms with Crippen LogP contribution < -0.4 is 5.32 Å². The van der Waals surface area contributed by atoms with Gasteiger partial charge in [-0.25, -0.2) is 0 Å². The summed E-state index contributed by atoms with van der Waals surface area (Å²) in [5, 5.41) is 12.1. The number of thioether (sulfide) groups is 1. The topological polar surface area (TPSA) is 63.1 Å². The zero-order valence-corrected chi connectivity index (χ0v) is 17.2. The maximum Gasteiger partial charge on any atom is 0.253 e. The van der Waals surface area contributed by atoms with Gasteiger partial charge >= 0.3 is 0 Å². The third-order valence-electron chi connectivity index (χ3n) is 5.21. The molecule has 4 rings (SSSR count). The molecular formula is C19H26ClN5OS. The number of aromatic nitrogens is 3. The zero-order chi connectivity index (χ0) is 17.9. The quantitative estimate of drug-likeness (QED) is 0.789. The molecule has 0 saturated carbocycles. The van der Waals surface area contributed by atoms with E-state index in [9.17, 15) is 4.79 Å². The normalized spacial score (nSPS) is 17.3. The second-order valence-corrected chi connectivity index (χ2v) is 8.16. The van der Waals surface area contributed by atoms with Gasteiger partial charge in [0.25, 0.3) is 5.91 Å². The summed E-state index contributed by atoms with van der Waals surface area (Å²) in [5.74, 6) is 3.73. The molecule has 146 valence electrons. The van der Waals surface area contributed by atoms with Crippen LogP contribution in [0.2, 0.25) is 0 Å². The number of nitrogens with one attached hydrogen (secondary N) is 1. The van der Waals surface area contributed by atoms with E-state index in [-0.39, 0.29) is 18.3 Å². The Labute approximate surface area is 170 Å². The van der Waals surface area contributed by atoms with Crippen LogP contribution in [0.4, 0.5) is 0 Å². The molecule has 2 aromatic rings. The molecule has 1 aromatic carbocycles. The van der Waals surface area contributed by atoms with Crippen molar-refractivity contribution in [2.45, 2.75) is 43.7 Å². The van der Waals surface area contributed by atoms with E-state index < -0.39 is 0 Å². The van der Waals surface area contributed by atoms with Crippen LogP contribution in [0.5, 0.6) is 0 Å². The third kappa shape index (κ3) is 4.31. The Bertz CT molecular complexity index is 771. The number of fused-ring (bicyclic) bond motifs is 1. The molecule has 0 atom stereocenters. The number of halogens is 1. The fourth-order valence-electron chi connectivity index (χ4n) is 3.80. The first-order valence-corrected chi connectivity index (χ1v) is 10.4. The van der Waals surface area contributed by atoms with Crippen LogP contribution >= 0.6 is 24.2 Å². The van der Waals surface area contributed by atoms with Gasteiger partial charge in [-0.05, 0) is 42.9 Å². The van der Waals surface area contributed by atoms with E-state index in [0.717, 1.165) is 68.5 Å². The van der Waals surface area contributed by atoms with Crippen LogP contribution in [0.1, 0.15) is 47.7 Å². The number of carbonyl (C=O) groups is 1. The van der Waals surface area contributed by atoms with E-state index in [1.165, 1.54) is 4.90 Å². The fourth-order valence-corrected chi connectivity index (χ4v) is 4.46. The van der Waals surface area contributed by atoms with Crippen molar-refractivity contribution < 1.29 is 4.79 Å². The third-order valence-corrected chi connectivity index (χ3v) is 6.11. The molecule has 1 amide bonds. The standard InChI is InChI=1S/C19H25N5OS.ClH/c1-2-26-16-5-3-15(4-6-16)19(25)23-10-7-14(8-11-23)18-22-21-17-13-20-9-12-24(17)18;/h3-6,14,20H,2,7-13H2,1H3;1H. The van der Waals surface area contributed by atoms with Crippen molar-refractivity contribution in [2.75, 3.05) is 25.4 Å². The summed E-state index contributed by atoms with van der Waals surface area (Å²) in [6, 6.07) is 8.00. The van der Waals surface area contributed by atoms with Crippen LogP contribution in [-0.4, -0.2) is 51.0 Å². The van der Waals surface area contributed by atoms with E-state index in [1.54, 1.807) is 11.8 Å². The molecule has 1 saturated heterocycles. The number of likely N-dealkylation sites (tertiary alicyclic amines) is 1. The van der Waals surface area contributed by atoms with Gasteiger partial charge in [0.2, 0.25) is 0 Å². The summed E-state index contributed by atoms with van der Waals surface area (Å²) >= 11 is 1.80. The van der Waals surface area contributed by atoms with Crippen molar-refractivity contribution in [3.63, 3.8) is 0 Å². The predicted octanol–water partition coefficient (Wildman–Crippen LogP) is 2.93. The molecule has 0 aliphatic carbocycles. The number of rotatable bonds is 4. The van der Waals surface area contributed by atoms with Gasteiger partial charge in [-0.1, -0.05) is 6.92 Å². The molecule has 0 spiro atoms. The molecular weight excluding hydrogens is 382 g/mol. The number of carbonyl (C=O) groups excluding carboxylic acids is 1. The number of amides is 1. The largest absolute Gasteiger partial charge is 0.339 e. The van der Waals surface area contributed by atoms with Gasteiger partial charge in [0.1, 0.15) is 11.6 Å². The van der Waals surface area contributed by atoms with Crippen LogP contribution in [0.25, 0.3) is 0 Å². The molecule has 8 heteroatoms. The Morgan fingerprint density at radius 1 is 1.19 bits per heavy atom. The number of benzene rings is 1. The molecule has 0 bridgehead atoms. The number of hydrogen-bond acceptors (Lipinski definition) is 5. The first-order valence-electron chi connectivity index (χ1n) is 9.41. The van der Waals surface area contributed by atoms with Gasteiger partial charge in [0.05, 0.1) is 6.54 Å². The first-order chi connectivity index (χ1) is 12.8. The molecule has 27 heavy (non-hydrogen) atoms. The van der Waals surface area contributed by atoms with Crippen molar-refractivity contribution in [3.8, 4) is 0 Å². The summed E-state index contributed by atoms with van der Waals surface area (Å²) in [6.07, 6.45) is 1.92. The highest BCUT2D eigenvalue weighted by Crippen LogP contribution is 2.28. The van der Waals surface area contributed by atoms with Crippen LogP contribution in [-0.2, 0) is 13.1 Å².